The molecule has 0 N–H and O–H groups in total. The van der Waals surface area contributed by atoms with Crippen LogP contribution in [0.25, 0.3) is 0 Å². The molecule has 2 aromatic rings. The summed E-state index contributed by atoms with van der Waals surface area (Å²) in [6.45, 7) is 4.21. The molecule has 0 heterocycles. The third kappa shape index (κ3) is 2.29. The number of benzene rings is 2. The van der Waals surface area contributed by atoms with Gasteiger partial charge in [-0.05, 0) is 24.1 Å². The lowest BCUT2D eigenvalue weighted by Crippen LogP contribution is -1.96. The van der Waals surface area contributed by atoms with Gasteiger partial charge in [0.2, 0.25) is 0 Å². The summed E-state index contributed by atoms with van der Waals surface area (Å²) in [5.74, 6) is 0.182. The summed E-state index contributed by atoms with van der Waals surface area (Å²) in [6, 6.07) is 18.6. The van der Waals surface area contributed by atoms with Gasteiger partial charge in [-0.3, -0.25) is 0 Å². The summed E-state index contributed by atoms with van der Waals surface area (Å²) in [6.07, 6.45) is 0. The molecule has 1 heteroatoms. The van der Waals surface area contributed by atoms with E-state index in [2.05, 4.69) is 47.1 Å². The van der Waals surface area contributed by atoms with E-state index in [-0.39, 0.29) is 5.92 Å². The average molecular weight is 260 g/mol. The minimum Gasteiger partial charge on any atom is -0.0622 e. The maximum absolute atomic E-state index is 4.21. The normalized spacial score (nSPS) is 12.4. The zero-order valence-electron chi connectivity index (χ0n) is 8.36. The Morgan fingerprint density at radius 1 is 0.867 bits per heavy atom. The zero-order chi connectivity index (χ0) is 10.7. The molecule has 0 aromatic heterocycles. The highest BCUT2D eigenvalue weighted by Crippen LogP contribution is 2.29. The molecule has 1 unspecified atom stereocenters. The highest BCUT2D eigenvalue weighted by Gasteiger charge is 2.10. The topological polar surface area (TPSA) is 0 Å². The Bertz CT molecular complexity index is 434. The van der Waals surface area contributed by atoms with Crippen LogP contribution in [0.4, 0.5) is 0 Å². The van der Waals surface area contributed by atoms with Crippen molar-refractivity contribution < 1.29 is 0 Å². The van der Waals surface area contributed by atoms with Crippen molar-refractivity contribution in [3.8, 4) is 0 Å². The molecule has 0 nitrogen and oxygen atoms in total. The zero-order valence-corrected chi connectivity index (χ0v) is 9.94. The summed E-state index contributed by atoms with van der Waals surface area (Å²) in [5, 5.41) is 0. The maximum atomic E-state index is 4.21. The van der Waals surface area contributed by atoms with Crippen LogP contribution >= 0.6 is 15.9 Å². The van der Waals surface area contributed by atoms with E-state index in [4.69, 9.17) is 0 Å². The summed E-state index contributed by atoms with van der Waals surface area (Å²) < 4.78 is 1.12. The lowest BCUT2D eigenvalue weighted by atomic mass is 9.93. The van der Waals surface area contributed by atoms with E-state index in [1.807, 2.05) is 30.3 Å². The SMILES string of the molecule is [CH2]C(c1ccccc1)c1ccccc1Br. The Balaban J connectivity index is 2.37. The molecule has 0 spiro atoms. The van der Waals surface area contributed by atoms with Crippen molar-refractivity contribution in [3.63, 3.8) is 0 Å². The van der Waals surface area contributed by atoms with Crippen LogP contribution in [0.3, 0.4) is 0 Å². The molecule has 0 saturated heterocycles. The summed E-state index contributed by atoms with van der Waals surface area (Å²) in [4.78, 5) is 0. The van der Waals surface area contributed by atoms with Gasteiger partial charge in [0.15, 0.2) is 0 Å². The van der Waals surface area contributed by atoms with Gasteiger partial charge in [-0.15, -0.1) is 0 Å². The highest BCUT2D eigenvalue weighted by molar-refractivity contribution is 9.10. The molecule has 0 aliphatic heterocycles. The molecule has 0 amide bonds. The number of rotatable bonds is 2. The average Bonchev–Trinajstić information content (AvgIpc) is 2.30. The van der Waals surface area contributed by atoms with Crippen LogP contribution in [0.2, 0.25) is 0 Å². The fraction of sp³-hybridized carbons (Fsp3) is 0.0714. The van der Waals surface area contributed by atoms with E-state index >= 15 is 0 Å². The van der Waals surface area contributed by atoms with Crippen LogP contribution in [0.5, 0.6) is 0 Å². The second-order valence-corrected chi connectivity index (χ2v) is 4.34. The van der Waals surface area contributed by atoms with Crippen molar-refractivity contribution in [2.45, 2.75) is 5.92 Å². The van der Waals surface area contributed by atoms with E-state index in [1.54, 1.807) is 0 Å². The fourth-order valence-corrected chi connectivity index (χ4v) is 2.18. The Morgan fingerprint density at radius 3 is 2.13 bits per heavy atom. The van der Waals surface area contributed by atoms with Crippen LogP contribution in [0.1, 0.15) is 17.0 Å². The van der Waals surface area contributed by atoms with Gasteiger partial charge in [-0.1, -0.05) is 64.5 Å². The third-order valence-electron chi connectivity index (χ3n) is 2.48. The standard InChI is InChI=1S/C14H12Br/c1-11(12-7-3-2-4-8-12)13-9-5-6-10-14(13)15/h2-11H,1H2. The number of halogens is 1. The predicted molar refractivity (Wildman–Crippen MR) is 67.8 cm³/mol. The van der Waals surface area contributed by atoms with Gasteiger partial charge < -0.3 is 0 Å². The third-order valence-corrected chi connectivity index (χ3v) is 3.20. The first-order valence-corrected chi connectivity index (χ1v) is 5.71. The molecule has 1 radical (unpaired) electrons. The Kier molecular flexibility index (Phi) is 3.22. The summed E-state index contributed by atoms with van der Waals surface area (Å²) >= 11 is 3.55. The van der Waals surface area contributed by atoms with E-state index in [0.717, 1.165) is 4.47 Å². The van der Waals surface area contributed by atoms with Crippen LogP contribution in [0.15, 0.2) is 59.1 Å². The summed E-state index contributed by atoms with van der Waals surface area (Å²) in [5.41, 5.74) is 2.47. The molecule has 15 heavy (non-hydrogen) atoms. The Morgan fingerprint density at radius 2 is 1.47 bits per heavy atom. The molecule has 0 fully saturated rings. The fourth-order valence-electron chi connectivity index (χ4n) is 1.62. The van der Waals surface area contributed by atoms with Gasteiger partial charge >= 0.3 is 0 Å². The molecular weight excluding hydrogens is 248 g/mol. The first kappa shape index (κ1) is 10.4. The quantitative estimate of drug-likeness (QED) is 0.750. The molecule has 75 valence electrons. The van der Waals surface area contributed by atoms with E-state index in [9.17, 15) is 0 Å². The molecule has 0 aliphatic rings. The van der Waals surface area contributed by atoms with Crippen LogP contribution in [-0.2, 0) is 0 Å². The second-order valence-electron chi connectivity index (χ2n) is 3.48. The van der Waals surface area contributed by atoms with Gasteiger partial charge in [-0.2, -0.15) is 0 Å². The van der Waals surface area contributed by atoms with Crippen LogP contribution < -0.4 is 0 Å². The lowest BCUT2D eigenvalue weighted by molar-refractivity contribution is 1.01. The van der Waals surface area contributed by atoms with Crippen molar-refractivity contribution >= 4 is 15.9 Å². The monoisotopic (exact) mass is 259 g/mol. The first-order chi connectivity index (χ1) is 7.29. The van der Waals surface area contributed by atoms with E-state index in [1.165, 1.54) is 11.1 Å². The Labute approximate surface area is 99.1 Å². The second kappa shape index (κ2) is 4.63. The van der Waals surface area contributed by atoms with Gasteiger partial charge in [0.1, 0.15) is 0 Å². The molecule has 2 aromatic carbocycles. The highest BCUT2D eigenvalue weighted by atomic mass is 79.9. The minimum atomic E-state index is 0.182. The van der Waals surface area contributed by atoms with Crippen molar-refractivity contribution in [2.75, 3.05) is 0 Å². The van der Waals surface area contributed by atoms with Crippen molar-refractivity contribution in [1.82, 2.24) is 0 Å². The number of hydrogen-bond acceptors (Lipinski definition) is 0. The smallest absolute Gasteiger partial charge is 0.0213 e. The first-order valence-electron chi connectivity index (χ1n) is 4.91. The van der Waals surface area contributed by atoms with Gasteiger partial charge in [-0.25, -0.2) is 0 Å². The van der Waals surface area contributed by atoms with E-state index in [0.29, 0.717) is 0 Å². The van der Waals surface area contributed by atoms with Gasteiger partial charge in [0.05, 0.1) is 0 Å². The predicted octanol–water partition coefficient (Wildman–Crippen LogP) is 4.42. The Hall–Kier alpha value is -1.08. The molecule has 0 aliphatic carbocycles. The van der Waals surface area contributed by atoms with Crippen LogP contribution in [-0.4, -0.2) is 0 Å². The molecular formula is C14H12Br. The molecule has 0 saturated carbocycles. The molecule has 2 rings (SSSR count). The van der Waals surface area contributed by atoms with Crippen molar-refractivity contribution in [3.05, 3.63) is 77.1 Å². The largest absolute Gasteiger partial charge is 0.0622 e. The van der Waals surface area contributed by atoms with E-state index < -0.39 is 0 Å². The number of hydrogen-bond donors (Lipinski definition) is 0. The van der Waals surface area contributed by atoms with Crippen molar-refractivity contribution in [1.29, 1.82) is 0 Å². The maximum Gasteiger partial charge on any atom is 0.0213 e. The van der Waals surface area contributed by atoms with Crippen LogP contribution in [0, 0.1) is 6.92 Å². The van der Waals surface area contributed by atoms with Crippen molar-refractivity contribution in [2.24, 2.45) is 0 Å². The summed E-state index contributed by atoms with van der Waals surface area (Å²) in [7, 11) is 0. The molecule has 0 bridgehead atoms. The minimum absolute atomic E-state index is 0.182. The van der Waals surface area contributed by atoms with Gasteiger partial charge in [0, 0.05) is 10.4 Å². The molecule has 1 atom stereocenters. The van der Waals surface area contributed by atoms with Gasteiger partial charge in [0.25, 0.3) is 0 Å². The lowest BCUT2D eigenvalue weighted by Gasteiger charge is -2.13.